The summed E-state index contributed by atoms with van der Waals surface area (Å²) < 4.78 is 13.2. The van der Waals surface area contributed by atoms with Gasteiger partial charge in [-0.15, -0.1) is 0 Å². The molecular formula is C12H14FO. The number of aliphatic hydroxyl groups excluding tert-OH is 1. The van der Waals surface area contributed by atoms with Crippen molar-refractivity contribution in [3.8, 4) is 0 Å². The molecule has 1 aliphatic carbocycles. The number of halogens is 1. The fourth-order valence-corrected chi connectivity index (χ4v) is 1.63. The van der Waals surface area contributed by atoms with E-state index in [4.69, 9.17) is 5.11 Å². The van der Waals surface area contributed by atoms with E-state index >= 15 is 0 Å². The summed E-state index contributed by atoms with van der Waals surface area (Å²) in [7, 11) is 0. The fourth-order valence-electron chi connectivity index (χ4n) is 1.63. The first-order chi connectivity index (χ1) is 6.70. The van der Waals surface area contributed by atoms with Gasteiger partial charge in [-0.25, -0.2) is 4.39 Å². The second kappa shape index (κ2) is 3.70. The molecule has 2 heteroatoms. The third-order valence-corrected chi connectivity index (χ3v) is 2.68. The van der Waals surface area contributed by atoms with Crippen molar-refractivity contribution in [2.45, 2.75) is 24.7 Å². The quantitative estimate of drug-likeness (QED) is 0.782. The Morgan fingerprint density at radius 3 is 2.71 bits per heavy atom. The average Bonchev–Trinajstić information content (AvgIpc) is 2.98. The van der Waals surface area contributed by atoms with Crippen LogP contribution in [0.3, 0.4) is 0 Å². The van der Waals surface area contributed by atoms with E-state index in [-0.39, 0.29) is 18.3 Å². The predicted molar refractivity (Wildman–Crippen MR) is 53.6 cm³/mol. The highest BCUT2D eigenvalue weighted by atomic mass is 19.1. The van der Waals surface area contributed by atoms with Gasteiger partial charge in [-0.2, -0.15) is 0 Å². The van der Waals surface area contributed by atoms with Crippen molar-refractivity contribution in [2.75, 3.05) is 6.61 Å². The second-order valence-electron chi connectivity index (χ2n) is 3.97. The Morgan fingerprint density at radius 2 is 2.14 bits per heavy atom. The van der Waals surface area contributed by atoms with Gasteiger partial charge in [0.25, 0.3) is 0 Å². The second-order valence-corrected chi connectivity index (χ2v) is 3.97. The Labute approximate surface area is 83.6 Å². The molecule has 0 aromatic heterocycles. The van der Waals surface area contributed by atoms with Crippen molar-refractivity contribution in [1.82, 2.24) is 0 Å². The van der Waals surface area contributed by atoms with Crippen LogP contribution in [0.2, 0.25) is 0 Å². The molecular weight excluding hydrogens is 179 g/mol. The summed E-state index contributed by atoms with van der Waals surface area (Å²) in [4.78, 5) is 0. The third kappa shape index (κ3) is 1.95. The first-order valence-electron chi connectivity index (χ1n) is 4.95. The van der Waals surface area contributed by atoms with Crippen LogP contribution in [0.25, 0.3) is 0 Å². The summed E-state index contributed by atoms with van der Waals surface area (Å²) in [5.41, 5.74) is 1.86. The van der Waals surface area contributed by atoms with Gasteiger partial charge in [-0.1, -0.05) is 6.07 Å². The summed E-state index contributed by atoms with van der Waals surface area (Å²) >= 11 is 0. The van der Waals surface area contributed by atoms with Gasteiger partial charge >= 0.3 is 0 Å². The smallest absolute Gasteiger partial charge is 0.123 e. The molecule has 2 rings (SSSR count). The molecule has 14 heavy (non-hydrogen) atoms. The minimum Gasteiger partial charge on any atom is -0.396 e. The molecule has 1 N–H and O–H groups in total. The van der Waals surface area contributed by atoms with Crippen LogP contribution in [-0.4, -0.2) is 11.7 Å². The van der Waals surface area contributed by atoms with Crippen molar-refractivity contribution >= 4 is 0 Å². The SMILES string of the molecule is [CH2]C(CO)c1cc(F)cc(C2CC2)c1. The fraction of sp³-hybridized carbons (Fsp3) is 0.417. The molecule has 1 aromatic carbocycles. The zero-order chi connectivity index (χ0) is 10.1. The maximum Gasteiger partial charge on any atom is 0.123 e. The molecule has 0 aliphatic heterocycles. The van der Waals surface area contributed by atoms with E-state index in [1.807, 2.05) is 6.07 Å². The average molecular weight is 193 g/mol. The Balaban J connectivity index is 2.30. The molecule has 0 heterocycles. The van der Waals surface area contributed by atoms with Gasteiger partial charge in [0.05, 0.1) is 0 Å². The van der Waals surface area contributed by atoms with E-state index in [0.29, 0.717) is 5.92 Å². The van der Waals surface area contributed by atoms with Crippen LogP contribution < -0.4 is 0 Å². The van der Waals surface area contributed by atoms with Gasteiger partial charge in [-0.05, 0) is 48.9 Å². The minimum atomic E-state index is -0.219. The van der Waals surface area contributed by atoms with Gasteiger partial charge in [0, 0.05) is 12.5 Å². The van der Waals surface area contributed by atoms with Crippen LogP contribution in [0.4, 0.5) is 4.39 Å². The van der Waals surface area contributed by atoms with Crippen LogP contribution in [0.5, 0.6) is 0 Å². The zero-order valence-corrected chi connectivity index (χ0v) is 8.04. The van der Waals surface area contributed by atoms with E-state index < -0.39 is 0 Å². The maximum atomic E-state index is 13.2. The molecule has 0 spiro atoms. The topological polar surface area (TPSA) is 20.2 Å². The largest absolute Gasteiger partial charge is 0.396 e. The lowest BCUT2D eigenvalue weighted by atomic mass is 9.98. The normalized spacial score (nSPS) is 18.2. The molecule has 1 radical (unpaired) electrons. The molecule has 1 atom stereocenters. The van der Waals surface area contributed by atoms with Crippen LogP contribution in [0.1, 0.15) is 35.8 Å². The van der Waals surface area contributed by atoms with Crippen LogP contribution in [0, 0.1) is 12.7 Å². The van der Waals surface area contributed by atoms with E-state index in [1.165, 1.54) is 6.07 Å². The first kappa shape index (κ1) is 9.66. The number of aliphatic hydroxyl groups is 1. The molecule has 75 valence electrons. The van der Waals surface area contributed by atoms with Crippen molar-refractivity contribution in [1.29, 1.82) is 0 Å². The summed E-state index contributed by atoms with van der Waals surface area (Å²) in [6.07, 6.45) is 2.31. The molecule has 0 saturated heterocycles. The van der Waals surface area contributed by atoms with Gasteiger partial charge in [0.1, 0.15) is 5.82 Å². The van der Waals surface area contributed by atoms with Gasteiger partial charge in [0.15, 0.2) is 0 Å². The molecule has 0 amide bonds. The Bertz CT molecular complexity index is 331. The molecule has 1 nitrogen and oxygen atoms in total. The number of rotatable bonds is 3. The Morgan fingerprint density at radius 1 is 1.43 bits per heavy atom. The summed E-state index contributed by atoms with van der Waals surface area (Å²) in [5, 5.41) is 8.94. The minimum absolute atomic E-state index is 0.0342. The number of benzene rings is 1. The molecule has 1 aromatic rings. The maximum absolute atomic E-state index is 13.2. The predicted octanol–water partition coefficient (Wildman–Crippen LogP) is 2.61. The lowest BCUT2D eigenvalue weighted by Gasteiger charge is -2.10. The summed E-state index contributed by atoms with van der Waals surface area (Å²) in [6, 6.07) is 5.01. The highest BCUT2D eigenvalue weighted by molar-refractivity contribution is 5.32. The zero-order valence-electron chi connectivity index (χ0n) is 8.04. The highest BCUT2D eigenvalue weighted by Gasteiger charge is 2.24. The van der Waals surface area contributed by atoms with Gasteiger partial charge in [-0.3, -0.25) is 0 Å². The molecule has 1 fully saturated rings. The standard InChI is InChI=1S/C12H14FO/c1-8(7-14)10-4-11(9-2-3-9)6-12(13)5-10/h4-6,8-9,14H,1-3,7H2. The highest BCUT2D eigenvalue weighted by Crippen LogP contribution is 2.41. The number of hydrogen-bond acceptors (Lipinski definition) is 1. The van der Waals surface area contributed by atoms with E-state index in [0.717, 1.165) is 24.0 Å². The van der Waals surface area contributed by atoms with Crippen LogP contribution in [-0.2, 0) is 0 Å². The van der Waals surface area contributed by atoms with E-state index in [2.05, 4.69) is 6.92 Å². The molecule has 1 aliphatic rings. The van der Waals surface area contributed by atoms with Crippen molar-refractivity contribution in [3.05, 3.63) is 42.1 Å². The van der Waals surface area contributed by atoms with E-state index in [1.54, 1.807) is 6.07 Å². The molecule has 1 saturated carbocycles. The third-order valence-electron chi connectivity index (χ3n) is 2.68. The van der Waals surface area contributed by atoms with Crippen LogP contribution >= 0.6 is 0 Å². The first-order valence-corrected chi connectivity index (χ1v) is 4.95. The number of hydrogen-bond donors (Lipinski definition) is 1. The monoisotopic (exact) mass is 193 g/mol. The van der Waals surface area contributed by atoms with E-state index in [9.17, 15) is 4.39 Å². The van der Waals surface area contributed by atoms with Gasteiger partial charge in [0.2, 0.25) is 0 Å². The molecule has 0 bridgehead atoms. The lowest BCUT2D eigenvalue weighted by Crippen LogP contribution is -2.00. The lowest BCUT2D eigenvalue weighted by molar-refractivity contribution is 0.282. The Hall–Kier alpha value is -0.890. The summed E-state index contributed by atoms with van der Waals surface area (Å²) in [6.45, 7) is 3.74. The van der Waals surface area contributed by atoms with Gasteiger partial charge < -0.3 is 5.11 Å². The summed E-state index contributed by atoms with van der Waals surface area (Å²) in [5.74, 6) is 0.102. The van der Waals surface area contributed by atoms with Crippen molar-refractivity contribution in [2.24, 2.45) is 0 Å². The Kier molecular flexibility index (Phi) is 2.55. The van der Waals surface area contributed by atoms with Crippen LogP contribution in [0.15, 0.2) is 18.2 Å². The van der Waals surface area contributed by atoms with Crippen molar-refractivity contribution < 1.29 is 9.50 Å². The molecule has 1 unspecified atom stereocenters. The van der Waals surface area contributed by atoms with Crippen molar-refractivity contribution in [3.63, 3.8) is 0 Å².